The molecule has 0 spiro atoms. The summed E-state index contributed by atoms with van der Waals surface area (Å²) in [6.07, 6.45) is 2.08. The van der Waals surface area contributed by atoms with Crippen LogP contribution in [-0.4, -0.2) is 45.2 Å². The minimum atomic E-state index is 0.0160. The van der Waals surface area contributed by atoms with Crippen molar-refractivity contribution < 1.29 is 4.79 Å². The van der Waals surface area contributed by atoms with E-state index in [0.717, 1.165) is 54.2 Å². The average Bonchev–Trinajstić information content (AvgIpc) is 3.37. The van der Waals surface area contributed by atoms with Crippen LogP contribution >= 0.6 is 11.3 Å². The molecule has 2 aromatic carbocycles. The quantitative estimate of drug-likeness (QED) is 0.474. The molecule has 0 unspecified atom stereocenters. The second-order valence-corrected chi connectivity index (χ2v) is 9.47. The minimum Gasteiger partial charge on any atom is -0.322 e. The molecule has 1 N–H and O–H groups in total. The number of aromatic nitrogens is 3. The first-order chi connectivity index (χ1) is 15.6. The maximum atomic E-state index is 12.8. The Kier molecular flexibility index (Phi) is 5.76. The lowest BCUT2D eigenvalue weighted by Gasteiger charge is -2.30. The highest BCUT2D eigenvalue weighted by atomic mass is 32.1. The monoisotopic (exact) mass is 445 g/mol. The van der Waals surface area contributed by atoms with Crippen LogP contribution in [0.5, 0.6) is 0 Å². The van der Waals surface area contributed by atoms with Gasteiger partial charge < -0.3 is 5.32 Å². The van der Waals surface area contributed by atoms with E-state index in [1.165, 1.54) is 9.71 Å². The zero-order chi connectivity index (χ0) is 22.1. The van der Waals surface area contributed by atoms with Gasteiger partial charge in [0.2, 0.25) is 5.91 Å². The van der Waals surface area contributed by atoms with E-state index in [-0.39, 0.29) is 5.91 Å². The van der Waals surface area contributed by atoms with Crippen LogP contribution in [0.3, 0.4) is 0 Å². The Hall–Kier alpha value is -3.03. The number of piperidine rings is 1. The molecule has 0 aliphatic carbocycles. The van der Waals surface area contributed by atoms with Crippen molar-refractivity contribution in [2.24, 2.45) is 0 Å². The van der Waals surface area contributed by atoms with Crippen molar-refractivity contribution in [3.05, 3.63) is 71.0 Å². The molecule has 1 aliphatic rings. The summed E-state index contributed by atoms with van der Waals surface area (Å²) in [5.41, 5.74) is 4.66. The highest BCUT2D eigenvalue weighted by molar-refractivity contribution is 7.18. The lowest BCUT2D eigenvalue weighted by atomic mass is 9.97. The van der Waals surface area contributed by atoms with Crippen LogP contribution in [0.15, 0.2) is 54.6 Å². The van der Waals surface area contributed by atoms with E-state index in [9.17, 15) is 4.79 Å². The van der Waals surface area contributed by atoms with Crippen LogP contribution < -0.4 is 5.32 Å². The minimum absolute atomic E-state index is 0.0160. The van der Waals surface area contributed by atoms with E-state index in [0.29, 0.717) is 12.5 Å². The maximum absolute atomic E-state index is 12.8. The molecule has 1 amide bonds. The van der Waals surface area contributed by atoms with E-state index in [1.807, 2.05) is 54.9 Å². The molecular formula is C25H27N5OS. The zero-order valence-corrected chi connectivity index (χ0v) is 19.2. The first kappa shape index (κ1) is 20.8. The van der Waals surface area contributed by atoms with Gasteiger partial charge in [0, 0.05) is 5.92 Å². The number of carbonyl (C=O) groups is 1. The number of amides is 1. The summed E-state index contributed by atoms with van der Waals surface area (Å²) in [6, 6.07) is 18.3. The van der Waals surface area contributed by atoms with Gasteiger partial charge in [0.05, 0.1) is 44.5 Å². The van der Waals surface area contributed by atoms with Gasteiger partial charge in [-0.25, -0.2) is 9.67 Å². The molecular weight excluding hydrogens is 418 g/mol. The fourth-order valence-electron chi connectivity index (χ4n) is 4.43. The lowest BCUT2D eigenvalue weighted by molar-refractivity contribution is -0.117. The second kappa shape index (κ2) is 8.84. The molecule has 164 valence electrons. The van der Waals surface area contributed by atoms with Crippen molar-refractivity contribution in [2.75, 3.05) is 25.0 Å². The Morgan fingerprint density at radius 3 is 2.53 bits per heavy atom. The van der Waals surface area contributed by atoms with E-state index >= 15 is 0 Å². The number of anilines is 1. The molecule has 5 rings (SSSR count). The number of likely N-dealkylation sites (tertiary alicyclic amines) is 1. The SMILES string of the molecule is Cc1nn(-c2ccccc2)c(C)c1NC(=O)CN1CCC(c2nc3ccccc3s2)CC1. The van der Waals surface area contributed by atoms with Gasteiger partial charge >= 0.3 is 0 Å². The van der Waals surface area contributed by atoms with Crippen LogP contribution in [0.2, 0.25) is 0 Å². The number of nitrogens with one attached hydrogen (secondary N) is 1. The molecule has 2 aromatic heterocycles. The number of hydrogen-bond acceptors (Lipinski definition) is 5. The number of benzene rings is 2. The van der Waals surface area contributed by atoms with Gasteiger partial charge in [-0.2, -0.15) is 5.10 Å². The number of hydrogen-bond donors (Lipinski definition) is 1. The lowest BCUT2D eigenvalue weighted by Crippen LogP contribution is -2.38. The standard InChI is InChI=1S/C25H27N5OS/c1-17-24(18(2)30(28-17)20-8-4-3-5-9-20)27-23(31)16-29-14-12-19(13-15-29)25-26-21-10-6-7-11-22(21)32-25/h3-11,19H,12-16H2,1-2H3,(H,27,31). The summed E-state index contributed by atoms with van der Waals surface area (Å²) in [7, 11) is 0. The Bertz CT molecular complexity index is 1200. The predicted molar refractivity (Wildman–Crippen MR) is 130 cm³/mol. The number of fused-ring (bicyclic) bond motifs is 1. The molecule has 7 heteroatoms. The van der Waals surface area contributed by atoms with Crippen molar-refractivity contribution in [1.29, 1.82) is 0 Å². The summed E-state index contributed by atoms with van der Waals surface area (Å²) in [5.74, 6) is 0.502. The van der Waals surface area contributed by atoms with Crippen molar-refractivity contribution in [1.82, 2.24) is 19.7 Å². The van der Waals surface area contributed by atoms with Gasteiger partial charge in [0.15, 0.2) is 0 Å². The van der Waals surface area contributed by atoms with E-state index in [4.69, 9.17) is 4.98 Å². The van der Waals surface area contributed by atoms with E-state index in [1.54, 1.807) is 11.3 Å². The smallest absolute Gasteiger partial charge is 0.238 e. The third-order valence-corrected chi connectivity index (χ3v) is 7.37. The third kappa shape index (κ3) is 4.18. The fourth-order valence-corrected chi connectivity index (χ4v) is 5.57. The second-order valence-electron chi connectivity index (χ2n) is 8.41. The molecule has 0 radical (unpaired) electrons. The average molecular weight is 446 g/mol. The third-order valence-electron chi connectivity index (χ3n) is 6.17. The van der Waals surface area contributed by atoms with Crippen LogP contribution in [0, 0.1) is 13.8 Å². The number of aryl methyl sites for hydroxylation is 1. The van der Waals surface area contributed by atoms with Crippen molar-refractivity contribution in [3.8, 4) is 5.69 Å². The summed E-state index contributed by atoms with van der Waals surface area (Å²) < 4.78 is 3.14. The molecule has 3 heterocycles. The number of carbonyl (C=O) groups excluding carboxylic acids is 1. The first-order valence-corrected chi connectivity index (χ1v) is 11.9. The molecule has 32 heavy (non-hydrogen) atoms. The Labute approximate surface area is 191 Å². The number of para-hydroxylation sites is 2. The summed E-state index contributed by atoms with van der Waals surface area (Å²) >= 11 is 1.81. The molecule has 1 fully saturated rings. The van der Waals surface area contributed by atoms with Gasteiger partial charge in [-0.15, -0.1) is 11.3 Å². The molecule has 1 saturated heterocycles. The van der Waals surface area contributed by atoms with Crippen molar-refractivity contribution >= 4 is 33.1 Å². The van der Waals surface area contributed by atoms with E-state index in [2.05, 4.69) is 33.5 Å². The molecule has 0 saturated carbocycles. The van der Waals surface area contributed by atoms with Gasteiger partial charge in [0.1, 0.15) is 0 Å². The Morgan fingerprint density at radius 1 is 1.06 bits per heavy atom. The van der Waals surface area contributed by atoms with Gasteiger partial charge in [0.25, 0.3) is 0 Å². The summed E-state index contributed by atoms with van der Waals surface area (Å²) in [5, 5.41) is 8.96. The van der Waals surface area contributed by atoms with Crippen LogP contribution in [0.1, 0.15) is 35.2 Å². The highest BCUT2D eigenvalue weighted by Crippen LogP contribution is 2.33. The predicted octanol–water partition coefficient (Wildman–Crippen LogP) is 4.92. The molecule has 6 nitrogen and oxygen atoms in total. The molecule has 0 bridgehead atoms. The van der Waals surface area contributed by atoms with Crippen LogP contribution in [-0.2, 0) is 4.79 Å². The molecule has 4 aromatic rings. The summed E-state index contributed by atoms with van der Waals surface area (Å²) in [4.78, 5) is 19.9. The van der Waals surface area contributed by atoms with Gasteiger partial charge in [-0.1, -0.05) is 30.3 Å². The normalized spacial score (nSPS) is 15.3. The van der Waals surface area contributed by atoms with E-state index < -0.39 is 0 Å². The Balaban J connectivity index is 1.19. The number of thiazole rings is 1. The topological polar surface area (TPSA) is 63.1 Å². The maximum Gasteiger partial charge on any atom is 0.238 e. The number of rotatable bonds is 5. The largest absolute Gasteiger partial charge is 0.322 e. The Morgan fingerprint density at radius 2 is 1.78 bits per heavy atom. The van der Waals surface area contributed by atoms with Crippen LogP contribution in [0.4, 0.5) is 5.69 Å². The first-order valence-electron chi connectivity index (χ1n) is 11.1. The van der Waals surface area contributed by atoms with Crippen molar-refractivity contribution in [3.63, 3.8) is 0 Å². The van der Waals surface area contributed by atoms with Crippen molar-refractivity contribution in [2.45, 2.75) is 32.6 Å². The molecule has 1 aliphatic heterocycles. The van der Waals surface area contributed by atoms with Gasteiger partial charge in [-0.05, 0) is 64.0 Å². The summed E-state index contributed by atoms with van der Waals surface area (Å²) in [6.45, 7) is 6.16. The zero-order valence-electron chi connectivity index (χ0n) is 18.4. The number of nitrogens with zero attached hydrogens (tertiary/aromatic N) is 4. The highest BCUT2D eigenvalue weighted by Gasteiger charge is 2.25. The molecule has 0 atom stereocenters. The van der Waals surface area contributed by atoms with Crippen LogP contribution in [0.25, 0.3) is 15.9 Å². The fraction of sp³-hybridized carbons (Fsp3) is 0.320. The van der Waals surface area contributed by atoms with Gasteiger partial charge in [-0.3, -0.25) is 9.69 Å².